The van der Waals surface area contributed by atoms with Crippen LogP contribution in [0.15, 0.2) is 0 Å². The average Bonchev–Trinajstić information content (AvgIpc) is 2.05. The number of hydrogen-bond acceptors (Lipinski definition) is 3. The van der Waals surface area contributed by atoms with E-state index >= 15 is 0 Å². The molecule has 0 aromatic carbocycles. The van der Waals surface area contributed by atoms with Crippen LogP contribution >= 0.6 is 12.4 Å². The van der Waals surface area contributed by atoms with Crippen LogP contribution in [0.25, 0.3) is 0 Å². The Morgan fingerprint density at radius 2 is 2.27 bits per heavy atom. The van der Waals surface area contributed by atoms with Crippen molar-refractivity contribution in [2.24, 2.45) is 0 Å². The summed E-state index contributed by atoms with van der Waals surface area (Å²) in [5, 5.41) is 3.36. The summed E-state index contributed by atoms with van der Waals surface area (Å²) < 4.78 is 5.36. The van der Waals surface area contributed by atoms with Gasteiger partial charge in [-0.1, -0.05) is 0 Å². The summed E-state index contributed by atoms with van der Waals surface area (Å²) in [5.41, 5.74) is 0. The van der Waals surface area contributed by atoms with Gasteiger partial charge in [0.1, 0.15) is 0 Å². The number of ether oxygens (including phenoxy) is 1. The Hall–Kier alpha value is 0.170. The molecule has 1 N–H and O–H groups in total. The van der Waals surface area contributed by atoms with Crippen molar-refractivity contribution in [3.63, 3.8) is 0 Å². The Kier molecular flexibility index (Phi) is 3.59. The lowest BCUT2D eigenvalue weighted by atomic mass is 10.2. The monoisotopic (exact) mass is 178 g/mol. The number of hydrogen-bond donors (Lipinski definition) is 1. The molecule has 2 aliphatic heterocycles. The quantitative estimate of drug-likeness (QED) is 0.552. The fourth-order valence-corrected chi connectivity index (χ4v) is 1.66. The molecular weight excluding hydrogens is 164 g/mol. The van der Waals surface area contributed by atoms with E-state index in [1.54, 1.807) is 0 Å². The van der Waals surface area contributed by atoms with Crippen LogP contribution in [0.1, 0.15) is 0 Å². The number of rotatable bonds is 0. The van der Waals surface area contributed by atoms with Gasteiger partial charge in [-0.25, -0.2) is 0 Å². The van der Waals surface area contributed by atoms with Crippen molar-refractivity contribution in [2.45, 2.75) is 6.04 Å². The number of piperazine rings is 1. The summed E-state index contributed by atoms with van der Waals surface area (Å²) in [6.45, 7) is 6.44. The SMILES string of the molecule is C1CN2CCOC[C@@H]2CN1.Cl. The standard InChI is InChI=1S/C7H14N2O.ClH/c1-2-9-3-4-10-6-7(9)5-8-1;/h7-8H,1-6H2;1H/t7-;/m0./s1. The fourth-order valence-electron chi connectivity index (χ4n) is 1.66. The molecule has 66 valence electrons. The molecule has 2 rings (SSSR count). The average molecular weight is 179 g/mol. The highest BCUT2D eigenvalue weighted by Crippen LogP contribution is 2.07. The van der Waals surface area contributed by atoms with Crippen LogP contribution in [0.3, 0.4) is 0 Å². The van der Waals surface area contributed by atoms with Crippen LogP contribution in [0.5, 0.6) is 0 Å². The third-order valence-corrected chi connectivity index (χ3v) is 2.31. The minimum Gasteiger partial charge on any atom is -0.378 e. The first-order valence-electron chi connectivity index (χ1n) is 3.99. The Morgan fingerprint density at radius 1 is 1.36 bits per heavy atom. The van der Waals surface area contributed by atoms with Gasteiger partial charge in [-0.05, 0) is 0 Å². The summed E-state index contributed by atoms with van der Waals surface area (Å²) >= 11 is 0. The topological polar surface area (TPSA) is 24.5 Å². The molecule has 0 amide bonds. The Labute approximate surface area is 73.5 Å². The van der Waals surface area contributed by atoms with Gasteiger partial charge in [0.15, 0.2) is 0 Å². The van der Waals surface area contributed by atoms with E-state index < -0.39 is 0 Å². The predicted molar refractivity (Wildman–Crippen MR) is 46.3 cm³/mol. The fraction of sp³-hybridized carbons (Fsp3) is 1.00. The highest BCUT2D eigenvalue weighted by Gasteiger charge is 2.24. The molecule has 0 spiro atoms. The Bertz CT molecular complexity index is 97.0. The van der Waals surface area contributed by atoms with Gasteiger partial charge in [-0.3, -0.25) is 4.90 Å². The summed E-state index contributed by atoms with van der Waals surface area (Å²) in [6.07, 6.45) is 0. The first kappa shape index (κ1) is 9.26. The lowest BCUT2D eigenvalue weighted by Gasteiger charge is -2.39. The van der Waals surface area contributed by atoms with E-state index in [1.807, 2.05) is 0 Å². The van der Waals surface area contributed by atoms with Crippen molar-refractivity contribution in [2.75, 3.05) is 39.4 Å². The van der Waals surface area contributed by atoms with E-state index in [0.717, 1.165) is 32.8 Å². The maximum absolute atomic E-state index is 5.36. The van der Waals surface area contributed by atoms with Crippen LogP contribution < -0.4 is 5.32 Å². The zero-order chi connectivity index (χ0) is 6.81. The van der Waals surface area contributed by atoms with E-state index in [0.29, 0.717) is 6.04 Å². The number of halogens is 1. The molecule has 0 aromatic rings. The summed E-state index contributed by atoms with van der Waals surface area (Å²) in [4.78, 5) is 2.51. The first-order chi connectivity index (χ1) is 4.97. The van der Waals surface area contributed by atoms with E-state index in [-0.39, 0.29) is 12.4 Å². The molecule has 4 heteroatoms. The molecule has 0 unspecified atom stereocenters. The molecule has 2 heterocycles. The van der Waals surface area contributed by atoms with Crippen molar-refractivity contribution in [3.05, 3.63) is 0 Å². The van der Waals surface area contributed by atoms with Crippen molar-refractivity contribution < 1.29 is 4.74 Å². The van der Waals surface area contributed by atoms with E-state index in [9.17, 15) is 0 Å². The van der Waals surface area contributed by atoms with Gasteiger partial charge in [-0.2, -0.15) is 0 Å². The molecule has 2 aliphatic rings. The number of nitrogens with one attached hydrogen (secondary N) is 1. The predicted octanol–water partition coefficient (Wildman–Crippen LogP) is -0.288. The number of fused-ring (bicyclic) bond motifs is 1. The maximum atomic E-state index is 5.36. The van der Waals surface area contributed by atoms with Crippen LogP contribution in [-0.2, 0) is 4.74 Å². The number of morpholine rings is 1. The van der Waals surface area contributed by atoms with Crippen LogP contribution in [0.4, 0.5) is 0 Å². The zero-order valence-corrected chi connectivity index (χ0v) is 7.40. The maximum Gasteiger partial charge on any atom is 0.0634 e. The van der Waals surface area contributed by atoms with Gasteiger partial charge in [0.05, 0.1) is 13.2 Å². The summed E-state index contributed by atoms with van der Waals surface area (Å²) in [6, 6.07) is 0.655. The third kappa shape index (κ3) is 2.06. The van der Waals surface area contributed by atoms with Crippen molar-refractivity contribution >= 4 is 12.4 Å². The highest BCUT2D eigenvalue weighted by atomic mass is 35.5. The minimum absolute atomic E-state index is 0. The Balaban J connectivity index is 0.000000605. The molecule has 0 saturated carbocycles. The lowest BCUT2D eigenvalue weighted by Crippen LogP contribution is -2.56. The molecule has 0 bridgehead atoms. The number of nitrogens with zero attached hydrogens (tertiary/aromatic N) is 1. The summed E-state index contributed by atoms with van der Waals surface area (Å²) in [7, 11) is 0. The molecule has 2 fully saturated rings. The first-order valence-corrected chi connectivity index (χ1v) is 3.99. The molecule has 1 atom stereocenters. The second-order valence-electron chi connectivity index (χ2n) is 2.97. The van der Waals surface area contributed by atoms with E-state index in [2.05, 4.69) is 10.2 Å². The molecular formula is C7H15ClN2O. The van der Waals surface area contributed by atoms with Gasteiger partial charge < -0.3 is 10.1 Å². The molecule has 0 radical (unpaired) electrons. The molecule has 2 saturated heterocycles. The van der Waals surface area contributed by atoms with E-state index in [4.69, 9.17) is 4.74 Å². The minimum atomic E-state index is 0. The van der Waals surface area contributed by atoms with Crippen molar-refractivity contribution in [3.8, 4) is 0 Å². The van der Waals surface area contributed by atoms with Gasteiger partial charge in [0.25, 0.3) is 0 Å². The van der Waals surface area contributed by atoms with Crippen molar-refractivity contribution in [1.82, 2.24) is 10.2 Å². The largest absolute Gasteiger partial charge is 0.378 e. The molecule has 3 nitrogen and oxygen atoms in total. The van der Waals surface area contributed by atoms with Crippen LogP contribution in [-0.4, -0.2) is 50.3 Å². The molecule has 0 aliphatic carbocycles. The molecule has 0 aromatic heterocycles. The van der Waals surface area contributed by atoms with Crippen LogP contribution in [0, 0.1) is 0 Å². The normalized spacial score (nSPS) is 32.2. The van der Waals surface area contributed by atoms with Crippen LogP contribution in [0.2, 0.25) is 0 Å². The van der Waals surface area contributed by atoms with Gasteiger partial charge in [0, 0.05) is 32.2 Å². The zero-order valence-electron chi connectivity index (χ0n) is 6.58. The van der Waals surface area contributed by atoms with Crippen molar-refractivity contribution in [1.29, 1.82) is 0 Å². The molecule has 11 heavy (non-hydrogen) atoms. The van der Waals surface area contributed by atoms with Gasteiger partial charge in [-0.15, -0.1) is 12.4 Å². The van der Waals surface area contributed by atoms with E-state index in [1.165, 1.54) is 6.54 Å². The summed E-state index contributed by atoms with van der Waals surface area (Å²) in [5.74, 6) is 0. The lowest BCUT2D eigenvalue weighted by molar-refractivity contribution is -0.0168. The second-order valence-corrected chi connectivity index (χ2v) is 2.97. The second kappa shape index (κ2) is 4.26. The highest BCUT2D eigenvalue weighted by molar-refractivity contribution is 5.85. The van der Waals surface area contributed by atoms with Gasteiger partial charge >= 0.3 is 0 Å². The van der Waals surface area contributed by atoms with Gasteiger partial charge in [0.2, 0.25) is 0 Å². The smallest absolute Gasteiger partial charge is 0.0634 e. The Morgan fingerprint density at radius 3 is 3.09 bits per heavy atom. The third-order valence-electron chi connectivity index (χ3n) is 2.31.